The predicted octanol–water partition coefficient (Wildman–Crippen LogP) is 5.22. The molecular weight excluding hydrogens is 764 g/mol. The van der Waals surface area contributed by atoms with Crippen molar-refractivity contribution in [3.63, 3.8) is 0 Å². The number of fused-ring (bicyclic) bond motifs is 1. The predicted molar refractivity (Wildman–Crippen MR) is 221 cm³/mol. The number of aromatic nitrogens is 5. The van der Waals surface area contributed by atoms with Gasteiger partial charge in [0.05, 0.1) is 50.2 Å². The number of hydrogen-bond acceptors (Lipinski definition) is 9. The Morgan fingerprint density at radius 3 is 2.19 bits per heavy atom. The van der Waals surface area contributed by atoms with Crippen LogP contribution in [0.4, 0.5) is 4.39 Å². The highest BCUT2D eigenvalue weighted by molar-refractivity contribution is 7.21. The lowest BCUT2D eigenvalue weighted by Crippen LogP contribution is -2.66. The van der Waals surface area contributed by atoms with Gasteiger partial charge in [-0.05, 0) is 53.9 Å². The summed E-state index contributed by atoms with van der Waals surface area (Å²) in [5.41, 5.74) is -1.09. The fourth-order valence-corrected chi connectivity index (χ4v) is 13.8. The highest BCUT2D eigenvalue weighted by Gasteiger charge is 2.50. The minimum atomic E-state index is -2.92. The van der Waals surface area contributed by atoms with E-state index in [2.05, 4.69) is 60.6 Å². The highest BCUT2D eigenvalue weighted by atomic mass is 32.1. The first-order valence-electron chi connectivity index (χ1n) is 18.9. The van der Waals surface area contributed by atoms with Crippen LogP contribution in [0.5, 0.6) is 5.75 Å². The molecular formula is C42H47FN6O6SSi. The molecule has 1 N–H and O–H groups in total. The van der Waals surface area contributed by atoms with Gasteiger partial charge in [-0.2, -0.15) is 10.2 Å². The summed E-state index contributed by atoms with van der Waals surface area (Å²) in [5.74, 6) is -0.278. The molecule has 0 radical (unpaired) electrons. The lowest BCUT2D eigenvalue weighted by Gasteiger charge is -2.43. The molecule has 1 saturated heterocycles. The number of carbonyl (C=O) groups excluding carboxylic acids is 1. The van der Waals surface area contributed by atoms with Crippen molar-refractivity contribution < 1.29 is 23.1 Å². The van der Waals surface area contributed by atoms with Gasteiger partial charge in [-0.1, -0.05) is 92.8 Å². The smallest absolute Gasteiger partial charge is 0.332 e. The topological polar surface area (TPSA) is 132 Å². The molecule has 0 bridgehead atoms. The summed E-state index contributed by atoms with van der Waals surface area (Å²) in [6.07, 6.45) is 2.58. The SMILES string of the molecule is COc1ccc(F)cc1[C@H](Cn1c(=O)n([C@]2(C)CCC(=O)NC2)c(=O)c2c(C)c(-n3nccn3)sc21)OCCO[Si](c1ccccc1)(c1ccccc1)C(C)(C)C. The molecule has 3 aromatic carbocycles. The Hall–Kier alpha value is -5.22. The van der Waals surface area contributed by atoms with Crippen LogP contribution in [0.15, 0.2) is 101 Å². The van der Waals surface area contributed by atoms with Gasteiger partial charge < -0.3 is 19.2 Å². The van der Waals surface area contributed by atoms with E-state index in [0.717, 1.165) is 10.4 Å². The van der Waals surface area contributed by atoms with Crippen molar-refractivity contribution in [2.45, 2.75) is 70.7 Å². The average Bonchev–Trinajstić information content (AvgIpc) is 3.85. The summed E-state index contributed by atoms with van der Waals surface area (Å²) in [6.45, 7) is 10.5. The Labute approximate surface area is 335 Å². The number of carbonyl (C=O) groups is 1. The average molecular weight is 811 g/mol. The van der Waals surface area contributed by atoms with Crippen LogP contribution in [0.1, 0.15) is 57.8 Å². The molecule has 1 fully saturated rings. The van der Waals surface area contributed by atoms with Gasteiger partial charge in [-0.25, -0.2) is 9.18 Å². The zero-order chi connectivity index (χ0) is 40.5. The molecule has 1 aliphatic heterocycles. The Morgan fingerprint density at radius 1 is 0.965 bits per heavy atom. The Bertz CT molecular complexity index is 2450. The molecule has 0 saturated carbocycles. The number of thiophene rings is 1. The molecule has 12 nitrogen and oxygen atoms in total. The lowest BCUT2D eigenvalue weighted by molar-refractivity contribution is -0.124. The van der Waals surface area contributed by atoms with Crippen molar-refractivity contribution in [1.29, 1.82) is 0 Å². The minimum absolute atomic E-state index is 0.0854. The number of methoxy groups -OCH3 is 1. The van der Waals surface area contributed by atoms with Crippen LogP contribution in [0.25, 0.3) is 15.2 Å². The van der Waals surface area contributed by atoms with Gasteiger partial charge in [-0.3, -0.25) is 18.7 Å². The van der Waals surface area contributed by atoms with Crippen LogP contribution in [0.3, 0.4) is 0 Å². The van der Waals surface area contributed by atoms with Gasteiger partial charge in [-0.15, -0.1) is 4.80 Å². The van der Waals surface area contributed by atoms with Crippen molar-refractivity contribution in [3.8, 4) is 10.8 Å². The molecule has 1 aliphatic rings. The Morgan fingerprint density at radius 2 is 1.61 bits per heavy atom. The second-order valence-electron chi connectivity index (χ2n) is 15.6. The molecule has 2 atom stereocenters. The number of rotatable bonds is 13. The molecule has 4 heterocycles. The van der Waals surface area contributed by atoms with Gasteiger partial charge in [0.2, 0.25) is 5.91 Å². The van der Waals surface area contributed by atoms with Gasteiger partial charge >= 0.3 is 5.69 Å². The number of nitrogens with one attached hydrogen (secondary N) is 1. The van der Waals surface area contributed by atoms with Crippen molar-refractivity contribution in [2.24, 2.45) is 0 Å². The molecule has 298 valence electrons. The van der Waals surface area contributed by atoms with E-state index in [1.165, 1.54) is 63.0 Å². The molecule has 0 spiro atoms. The van der Waals surface area contributed by atoms with Crippen LogP contribution < -0.4 is 31.7 Å². The number of nitrogens with zero attached hydrogens (tertiary/aromatic N) is 5. The summed E-state index contributed by atoms with van der Waals surface area (Å²) < 4.78 is 37.4. The number of amides is 1. The highest BCUT2D eigenvalue weighted by Crippen LogP contribution is 2.38. The number of halogens is 1. The Kier molecular flexibility index (Phi) is 11.2. The first kappa shape index (κ1) is 40.0. The normalized spacial score (nSPS) is 16.8. The third kappa shape index (κ3) is 7.40. The summed E-state index contributed by atoms with van der Waals surface area (Å²) in [4.78, 5) is 43.4. The molecule has 1 amide bonds. The number of ether oxygens (including phenoxy) is 2. The van der Waals surface area contributed by atoms with E-state index < -0.39 is 37.0 Å². The van der Waals surface area contributed by atoms with Crippen LogP contribution in [0, 0.1) is 12.7 Å². The second-order valence-corrected chi connectivity index (χ2v) is 20.9. The second kappa shape index (κ2) is 16.0. The zero-order valence-corrected chi connectivity index (χ0v) is 34.8. The fourth-order valence-electron chi connectivity index (χ4n) is 8.03. The fraction of sp³-hybridized carbons (Fsp3) is 0.357. The van der Waals surface area contributed by atoms with E-state index in [-0.39, 0.29) is 50.1 Å². The van der Waals surface area contributed by atoms with E-state index in [4.69, 9.17) is 13.9 Å². The van der Waals surface area contributed by atoms with Crippen LogP contribution in [-0.4, -0.2) is 65.2 Å². The summed E-state index contributed by atoms with van der Waals surface area (Å²) in [6, 6.07) is 24.7. The largest absolute Gasteiger partial charge is 0.496 e. The summed E-state index contributed by atoms with van der Waals surface area (Å²) in [5, 5.41) is 14.3. The van der Waals surface area contributed by atoms with Crippen LogP contribution in [-0.2, 0) is 26.0 Å². The molecule has 0 aliphatic carbocycles. The van der Waals surface area contributed by atoms with Crippen molar-refractivity contribution in [3.05, 3.63) is 129 Å². The van der Waals surface area contributed by atoms with E-state index in [0.29, 0.717) is 32.1 Å². The standard InChI is InChI=1S/C42H47FN6O6SSi/c1-28-36-37(51)48(42(5)20-19-35(50)44-27-42)40(52)47(39(36)56-38(28)49-45-21-22-46-49)26-34(32-25-29(43)17-18-33(32)53-6)54-23-24-55-57(41(2,3)4,30-13-9-7-10-14-30)31-15-11-8-12-16-31/h7-18,21-22,25,34H,19-20,23-24,26-27H2,1-6H3,(H,44,50)/t34-,42+/m0/s1. The van der Waals surface area contributed by atoms with E-state index in [1.807, 2.05) is 36.4 Å². The summed E-state index contributed by atoms with van der Waals surface area (Å²) in [7, 11) is -1.43. The van der Waals surface area contributed by atoms with Crippen molar-refractivity contribution in [1.82, 2.24) is 29.4 Å². The van der Waals surface area contributed by atoms with Gasteiger partial charge in [0.1, 0.15) is 27.5 Å². The third-order valence-electron chi connectivity index (χ3n) is 10.9. The maximum atomic E-state index is 15.1. The number of hydrogen-bond donors (Lipinski definition) is 1. The van der Waals surface area contributed by atoms with Crippen molar-refractivity contribution >= 4 is 46.2 Å². The molecule has 0 unspecified atom stereocenters. The molecule has 15 heteroatoms. The molecule has 57 heavy (non-hydrogen) atoms. The lowest BCUT2D eigenvalue weighted by atomic mass is 9.91. The van der Waals surface area contributed by atoms with Crippen LogP contribution >= 0.6 is 11.3 Å². The summed E-state index contributed by atoms with van der Waals surface area (Å²) >= 11 is 1.21. The van der Waals surface area contributed by atoms with Gasteiger partial charge in [0, 0.05) is 24.1 Å². The van der Waals surface area contributed by atoms with Gasteiger partial charge in [0.25, 0.3) is 13.9 Å². The zero-order valence-electron chi connectivity index (χ0n) is 33.0. The minimum Gasteiger partial charge on any atom is -0.496 e. The first-order valence-corrected chi connectivity index (χ1v) is 21.6. The maximum Gasteiger partial charge on any atom is 0.332 e. The van der Waals surface area contributed by atoms with Crippen LogP contribution in [0.2, 0.25) is 5.04 Å². The maximum absolute atomic E-state index is 15.1. The molecule has 6 aromatic rings. The van der Waals surface area contributed by atoms with E-state index >= 15 is 4.39 Å². The Balaban J connectivity index is 1.33. The third-order valence-corrected chi connectivity index (χ3v) is 17.2. The first-order chi connectivity index (χ1) is 27.3. The molecule has 3 aromatic heterocycles. The number of benzene rings is 3. The number of piperidine rings is 1. The van der Waals surface area contributed by atoms with E-state index in [9.17, 15) is 14.4 Å². The molecule has 7 rings (SSSR count). The quantitative estimate of drug-likeness (QED) is 0.124. The number of aryl methyl sites for hydroxylation is 1. The van der Waals surface area contributed by atoms with E-state index in [1.54, 1.807) is 13.8 Å². The monoisotopic (exact) mass is 810 g/mol. The van der Waals surface area contributed by atoms with Crippen molar-refractivity contribution in [2.75, 3.05) is 26.9 Å². The van der Waals surface area contributed by atoms with Gasteiger partial charge in [0.15, 0.2) is 0 Å².